The minimum Gasteiger partial charge on any atom is -0.458 e. The molecular formula is C31H55NO6Si2. The summed E-state index contributed by atoms with van der Waals surface area (Å²) in [6.07, 6.45) is 8.01. The smallest absolute Gasteiger partial charge is 0.330 e. The third-order valence-electron chi connectivity index (χ3n) is 8.64. The van der Waals surface area contributed by atoms with Crippen LogP contribution in [-0.2, 0) is 34.5 Å². The van der Waals surface area contributed by atoms with Crippen molar-refractivity contribution in [3.05, 3.63) is 42.2 Å². The molecule has 0 amide bonds. The predicted octanol–water partition coefficient (Wildman–Crippen LogP) is 7.78. The van der Waals surface area contributed by atoms with Crippen LogP contribution in [0.5, 0.6) is 0 Å². The van der Waals surface area contributed by atoms with Crippen molar-refractivity contribution < 1.29 is 27.9 Å². The van der Waals surface area contributed by atoms with E-state index in [-0.39, 0.29) is 47.1 Å². The molecule has 5 atom stereocenters. The van der Waals surface area contributed by atoms with Gasteiger partial charge in [-0.05, 0) is 80.6 Å². The normalized spacial score (nSPS) is 23.8. The monoisotopic (exact) mass is 593 g/mol. The summed E-state index contributed by atoms with van der Waals surface area (Å²) in [7, 11) is -4.06. The quantitative estimate of drug-likeness (QED) is 0.139. The van der Waals surface area contributed by atoms with E-state index in [1.54, 1.807) is 12.4 Å². The third kappa shape index (κ3) is 10.5. The molecular weight excluding hydrogens is 539 g/mol. The highest BCUT2D eigenvalue weighted by atomic mass is 28.4. The fourth-order valence-electron chi connectivity index (χ4n) is 3.89. The predicted molar refractivity (Wildman–Crippen MR) is 166 cm³/mol. The lowest BCUT2D eigenvalue weighted by Crippen LogP contribution is -2.57. The van der Waals surface area contributed by atoms with Crippen LogP contribution in [0.3, 0.4) is 0 Å². The Kier molecular flexibility index (Phi) is 12.4. The van der Waals surface area contributed by atoms with Gasteiger partial charge in [0.25, 0.3) is 0 Å². The molecule has 0 spiro atoms. The standard InChI is InChI=1S/C31H55NO6Si2/c1-23(15-13-14-16-28(33)34-22-25-17-19-32-20-18-25)35-29-27(38-40(11,12)31(6,7)8)21-26(24(2)36-29)37-39(9,10)30(3,4)5/h14,16-20,23-24,26-27,29H,13,15,21-22H2,1-12H3/b16-14+/t23-,24+,26-,27-,29-/m1/s1. The van der Waals surface area contributed by atoms with Crippen LogP contribution in [0, 0.1) is 0 Å². The lowest BCUT2D eigenvalue weighted by molar-refractivity contribution is -0.268. The van der Waals surface area contributed by atoms with Crippen LogP contribution in [0.4, 0.5) is 0 Å². The van der Waals surface area contributed by atoms with Crippen LogP contribution in [0.2, 0.25) is 36.3 Å². The highest BCUT2D eigenvalue weighted by Gasteiger charge is 2.48. The summed E-state index contributed by atoms with van der Waals surface area (Å²) in [5.41, 5.74) is 0.909. The molecule has 2 rings (SSSR count). The van der Waals surface area contributed by atoms with Gasteiger partial charge in [0.05, 0.1) is 24.4 Å². The molecule has 40 heavy (non-hydrogen) atoms. The van der Waals surface area contributed by atoms with Crippen molar-refractivity contribution in [3.63, 3.8) is 0 Å². The Morgan fingerprint density at radius 1 is 1.02 bits per heavy atom. The number of nitrogens with zero attached hydrogens (tertiary/aromatic N) is 1. The first-order valence-electron chi connectivity index (χ1n) is 14.7. The first kappa shape index (κ1) is 34.8. The topological polar surface area (TPSA) is 76.1 Å². The largest absolute Gasteiger partial charge is 0.458 e. The number of pyridine rings is 1. The van der Waals surface area contributed by atoms with Gasteiger partial charge in [-0.2, -0.15) is 0 Å². The van der Waals surface area contributed by atoms with Crippen molar-refractivity contribution >= 4 is 22.6 Å². The number of allylic oxidation sites excluding steroid dienone is 1. The molecule has 1 aromatic heterocycles. The van der Waals surface area contributed by atoms with Gasteiger partial charge in [0.2, 0.25) is 0 Å². The van der Waals surface area contributed by atoms with Crippen molar-refractivity contribution in [1.29, 1.82) is 0 Å². The Morgan fingerprint density at radius 3 is 2.12 bits per heavy atom. The molecule has 0 saturated carbocycles. The van der Waals surface area contributed by atoms with Crippen LogP contribution >= 0.6 is 0 Å². The highest BCUT2D eigenvalue weighted by molar-refractivity contribution is 6.74. The second kappa shape index (κ2) is 14.2. The molecule has 1 aliphatic rings. The number of esters is 1. The van der Waals surface area contributed by atoms with E-state index >= 15 is 0 Å². The summed E-state index contributed by atoms with van der Waals surface area (Å²) < 4.78 is 32.0. The molecule has 2 heterocycles. The van der Waals surface area contributed by atoms with E-state index in [9.17, 15) is 4.79 Å². The molecule has 1 fully saturated rings. The van der Waals surface area contributed by atoms with Gasteiger partial charge < -0.3 is 23.1 Å². The molecule has 9 heteroatoms. The van der Waals surface area contributed by atoms with E-state index in [1.807, 2.05) is 25.1 Å². The van der Waals surface area contributed by atoms with Gasteiger partial charge >= 0.3 is 5.97 Å². The van der Waals surface area contributed by atoms with Gasteiger partial charge in [0.15, 0.2) is 22.9 Å². The molecule has 0 radical (unpaired) electrons. The summed E-state index contributed by atoms with van der Waals surface area (Å²) in [5, 5.41) is 0.183. The number of ether oxygens (including phenoxy) is 3. The van der Waals surface area contributed by atoms with E-state index in [4.69, 9.17) is 23.1 Å². The Labute approximate surface area is 245 Å². The highest BCUT2D eigenvalue weighted by Crippen LogP contribution is 2.42. The molecule has 0 unspecified atom stereocenters. The zero-order chi connectivity index (χ0) is 30.4. The number of carbonyl (C=O) groups excluding carboxylic acids is 1. The van der Waals surface area contributed by atoms with Crippen molar-refractivity contribution in [1.82, 2.24) is 4.98 Å². The summed E-state index contributed by atoms with van der Waals surface area (Å²) in [6, 6.07) is 3.65. The molecule has 1 aliphatic heterocycles. The number of aromatic nitrogens is 1. The van der Waals surface area contributed by atoms with Crippen molar-refractivity contribution in [3.8, 4) is 0 Å². The Hall–Kier alpha value is -1.37. The summed E-state index contributed by atoms with van der Waals surface area (Å²) in [6.45, 7) is 27.0. The average molecular weight is 594 g/mol. The van der Waals surface area contributed by atoms with E-state index in [0.717, 1.165) is 18.4 Å². The molecule has 1 saturated heterocycles. The summed E-state index contributed by atoms with van der Waals surface area (Å²) in [5.74, 6) is -0.356. The lowest BCUT2D eigenvalue weighted by atomic mass is 10.0. The average Bonchev–Trinajstić information content (AvgIpc) is 2.82. The van der Waals surface area contributed by atoms with Gasteiger partial charge in [0, 0.05) is 24.9 Å². The second-order valence-electron chi connectivity index (χ2n) is 14.2. The maximum atomic E-state index is 12.1. The molecule has 1 aromatic rings. The molecule has 7 nitrogen and oxygen atoms in total. The summed E-state index contributed by atoms with van der Waals surface area (Å²) >= 11 is 0. The minimum atomic E-state index is -2.08. The maximum Gasteiger partial charge on any atom is 0.330 e. The van der Waals surface area contributed by atoms with E-state index in [1.165, 1.54) is 6.08 Å². The van der Waals surface area contributed by atoms with Crippen LogP contribution < -0.4 is 0 Å². The summed E-state index contributed by atoms with van der Waals surface area (Å²) in [4.78, 5) is 16.0. The van der Waals surface area contributed by atoms with Gasteiger partial charge in [-0.3, -0.25) is 4.98 Å². The zero-order valence-corrected chi connectivity index (χ0v) is 29.1. The molecule has 0 bridgehead atoms. The van der Waals surface area contributed by atoms with Crippen molar-refractivity contribution in [2.75, 3.05) is 0 Å². The van der Waals surface area contributed by atoms with Crippen LogP contribution in [0.15, 0.2) is 36.7 Å². The molecule has 0 aromatic carbocycles. The Bertz CT molecular complexity index is 955. The lowest BCUT2D eigenvalue weighted by Gasteiger charge is -2.48. The number of hydrogen-bond donors (Lipinski definition) is 0. The van der Waals surface area contributed by atoms with E-state index in [2.05, 4.69) is 79.6 Å². The van der Waals surface area contributed by atoms with E-state index in [0.29, 0.717) is 6.42 Å². The van der Waals surface area contributed by atoms with Gasteiger partial charge in [0.1, 0.15) is 6.61 Å². The molecule has 228 valence electrons. The maximum absolute atomic E-state index is 12.1. The third-order valence-corrected chi connectivity index (χ3v) is 17.6. The fourth-order valence-corrected chi connectivity index (χ4v) is 6.60. The van der Waals surface area contributed by atoms with Crippen molar-refractivity contribution in [2.24, 2.45) is 0 Å². The zero-order valence-electron chi connectivity index (χ0n) is 27.1. The molecule has 0 N–H and O–H groups in total. The van der Waals surface area contributed by atoms with Gasteiger partial charge in [-0.15, -0.1) is 0 Å². The van der Waals surface area contributed by atoms with Crippen LogP contribution in [0.25, 0.3) is 0 Å². The fraction of sp³-hybridized carbons (Fsp3) is 0.742. The van der Waals surface area contributed by atoms with Gasteiger partial charge in [-0.25, -0.2) is 4.79 Å². The first-order valence-corrected chi connectivity index (χ1v) is 20.5. The van der Waals surface area contributed by atoms with E-state index < -0.39 is 22.9 Å². The van der Waals surface area contributed by atoms with Crippen LogP contribution in [-0.4, -0.2) is 58.3 Å². The minimum absolute atomic E-state index is 0.0353. The Morgan fingerprint density at radius 2 is 1.57 bits per heavy atom. The van der Waals surface area contributed by atoms with Gasteiger partial charge in [-0.1, -0.05) is 47.6 Å². The Balaban J connectivity index is 2.00. The van der Waals surface area contributed by atoms with Crippen molar-refractivity contribution in [2.45, 2.75) is 148 Å². The SMILES string of the molecule is C[C@H](CC/C=C/C(=O)OCc1ccncc1)O[C@@H]1O[C@@H](C)[C@H](O[Si](C)(C)C(C)(C)C)C[C@H]1O[Si](C)(C)C(C)(C)C. The van der Waals surface area contributed by atoms with Crippen LogP contribution in [0.1, 0.15) is 80.2 Å². The molecule has 0 aliphatic carbocycles. The number of carbonyl (C=O) groups is 1. The number of hydrogen-bond acceptors (Lipinski definition) is 7. The first-order chi connectivity index (χ1) is 18.3. The second-order valence-corrected chi connectivity index (χ2v) is 23.7. The number of rotatable bonds is 12.